The third-order valence-corrected chi connectivity index (χ3v) is 5.52. The highest BCUT2D eigenvalue weighted by Crippen LogP contribution is 2.25. The van der Waals surface area contributed by atoms with Gasteiger partial charge in [0.05, 0.1) is 5.75 Å². The quantitative estimate of drug-likeness (QED) is 0.785. The van der Waals surface area contributed by atoms with Gasteiger partial charge in [-0.15, -0.1) is 10.2 Å². The molecule has 3 rings (SSSR count). The van der Waals surface area contributed by atoms with Crippen molar-refractivity contribution in [3.63, 3.8) is 0 Å². The summed E-state index contributed by atoms with van der Waals surface area (Å²) < 4.78 is 2.02. The molecule has 134 valence electrons. The SMILES string of the molecule is Cc1cccc(-n2c(C)nnc2SCC(=O)N2C[C@@H](C)C[C@H](C)C2)c1. The fourth-order valence-corrected chi connectivity index (χ4v) is 4.49. The van der Waals surface area contributed by atoms with E-state index in [1.807, 2.05) is 28.5 Å². The minimum atomic E-state index is 0.194. The van der Waals surface area contributed by atoms with Gasteiger partial charge in [-0.25, -0.2) is 0 Å². The van der Waals surface area contributed by atoms with E-state index < -0.39 is 0 Å². The number of carbonyl (C=O) groups excluding carboxylic acids is 1. The molecule has 25 heavy (non-hydrogen) atoms. The summed E-state index contributed by atoms with van der Waals surface area (Å²) in [7, 11) is 0. The molecule has 1 aromatic heterocycles. The number of nitrogens with zero attached hydrogens (tertiary/aromatic N) is 4. The van der Waals surface area contributed by atoms with E-state index >= 15 is 0 Å². The summed E-state index contributed by atoms with van der Waals surface area (Å²) in [4.78, 5) is 14.6. The summed E-state index contributed by atoms with van der Waals surface area (Å²) in [6.07, 6.45) is 1.21. The van der Waals surface area contributed by atoms with Crippen LogP contribution in [0.1, 0.15) is 31.7 Å². The number of benzene rings is 1. The van der Waals surface area contributed by atoms with E-state index in [0.717, 1.165) is 29.8 Å². The van der Waals surface area contributed by atoms with Gasteiger partial charge in [0.1, 0.15) is 5.82 Å². The van der Waals surface area contributed by atoms with Crippen LogP contribution in [0.25, 0.3) is 5.69 Å². The number of amides is 1. The molecule has 0 unspecified atom stereocenters. The number of hydrogen-bond donors (Lipinski definition) is 0. The predicted octanol–water partition coefficient (Wildman–Crippen LogP) is 3.48. The van der Waals surface area contributed by atoms with Crippen LogP contribution in [-0.2, 0) is 4.79 Å². The van der Waals surface area contributed by atoms with Gasteiger partial charge in [-0.3, -0.25) is 9.36 Å². The molecule has 0 radical (unpaired) electrons. The Morgan fingerprint density at radius 3 is 2.60 bits per heavy atom. The molecule has 0 saturated carbocycles. The first-order valence-electron chi connectivity index (χ1n) is 8.83. The number of aromatic nitrogens is 3. The highest BCUT2D eigenvalue weighted by molar-refractivity contribution is 7.99. The Labute approximate surface area is 153 Å². The van der Waals surface area contributed by atoms with E-state index in [9.17, 15) is 4.79 Å². The van der Waals surface area contributed by atoms with Crippen molar-refractivity contribution in [3.8, 4) is 5.69 Å². The molecule has 1 saturated heterocycles. The third kappa shape index (κ3) is 4.24. The monoisotopic (exact) mass is 358 g/mol. The molecule has 1 aromatic carbocycles. The standard InChI is InChI=1S/C19H26N4OS/c1-13-6-5-7-17(9-13)23-16(4)20-21-19(23)25-12-18(24)22-10-14(2)8-15(3)11-22/h5-7,9,14-15H,8,10-12H2,1-4H3/t14-,15-/m0/s1. The van der Waals surface area contributed by atoms with E-state index in [1.165, 1.54) is 23.7 Å². The molecular weight excluding hydrogens is 332 g/mol. The van der Waals surface area contributed by atoms with E-state index in [2.05, 4.69) is 43.1 Å². The van der Waals surface area contributed by atoms with Crippen LogP contribution in [0.3, 0.4) is 0 Å². The van der Waals surface area contributed by atoms with Crippen molar-refractivity contribution in [1.29, 1.82) is 0 Å². The van der Waals surface area contributed by atoms with Crippen LogP contribution in [0.5, 0.6) is 0 Å². The second-order valence-electron chi connectivity index (χ2n) is 7.24. The lowest BCUT2D eigenvalue weighted by atomic mass is 9.92. The molecule has 2 atom stereocenters. The molecule has 6 heteroatoms. The minimum Gasteiger partial charge on any atom is -0.341 e. The zero-order chi connectivity index (χ0) is 18.0. The molecule has 2 aromatic rings. The van der Waals surface area contributed by atoms with E-state index in [1.54, 1.807) is 0 Å². The number of likely N-dealkylation sites (tertiary alicyclic amines) is 1. The topological polar surface area (TPSA) is 51.0 Å². The lowest BCUT2D eigenvalue weighted by molar-refractivity contribution is -0.130. The minimum absolute atomic E-state index is 0.194. The van der Waals surface area contributed by atoms with Crippen LogP contribution in [0.4, 0.5) is 0 Å². The summed E-state index contributed by atoms with van der Waals surface area (Å²) >= 11 is 1.47. The van der Waals surface area contributed by atoms with Crippen molar-refractivity contribution in [2.75, 3.05) is 18.8 Å². The summed E-state index contributed by atoms with van der Waals surface area (Å²) in [6.45, 7) is 10.2. The fourth-order valence-electron chi connectivity index (χ4n) is 3.58. The average molecular weight is 359 g/mol. The van der Waals surface area contributed by atoms with E-state index in [-0.39, 0.29) is 5.91 Å². The molecule has 0 spiro atoms. The van der Waals surface area contributed by atoms with Crippen LogP contribution in [0, 0.1) is 25.7 Å². The maximum Gasteiger partial charge on any atom is 0.233 e. The number of rotatable bonds is 4. The van der Waals surface area contributed by atoms with Crippen LogP contribution in [0.15, 0.2) is 29.4 Å². The lowest BCUT2D eigenvalue weighted by Gasteiger charge is -2.34. The van der Waals surface area contributed by atoms with Gasteiger partial charge in [0.2, 0.25) is 5.91 Å². The smallest absolute Gasteiger partial charge is 0.233 e. The van der Waals surface area contributed by atoms with Crippen LogP contribution in [0.2, 0.25) is 0 Å². The molecule has 1 amide bonds. The van der Waals surface area contributed by atoms with Crippen molar-refractivity contribution in [1.82, 2.24) is 19.7 Å². The van der Waals surface area contributed by atoms with Gasteiger partial charge >= 0.3 is 0 Å². The molecular formula is C19H26N4OS. The second kappa shape index (κ2) is 7.60. The molecule has 5 nitrogen and oxygen atoms in total. The second-order valence-corrected chi connectivity index (χ2v) is 8.18. The Hall–Kier alpha value is -1.82. The van der Waals surface area contributed by atoms with Crippen LogP contribution in [-0.4, -0.2) is 44.4 Å². The summed E-state index contributed by atoms with van der Waals surface area (Å²) in [6, 6.07) is 8.25. The number of aryl methyl sites for hydroxylation is 2. The van der Waals surface area contributed by atoms with Crippen molar-refractivity contribution in [2.24, 2.45) is 11.8 Å². The first-order chi connectivity index (χ1) is 11.9. The molecule has 1 fully saturated rings. The van der Waals surface area contributed by atoms with Crippen molar-refractivity contribution in [3.05, 3.63) is 35.7 Å². The fraction of sp³-hybridized carbons (Fsp3) is 0.526. The Balaban J connectivity index is 1.71. The number of piperidine rings is 1. The molecule has 1 aliphatic rings. The Bertz CT molecular complexity index is 748. The highest BCUT2D eigenvalue weighted by atomic mass is 32.2. The van der Waals surface area contributed by atoms with E-state index in [0.29, 0.717) is 17.6 Å². The zero-order valence-electron chi connectivity index (χ0n) is 15.4. The first-order valence-corrected chi connectivity index (χ1v) is 9.82. The number of thioether (sulfide) groups is 1. The average Bonchev–Trinajstić information content (AvgIpc) is 2.92. The molecule has 0 bridgehead atoms. The highest BCUT2D eigenvalue weighted by Gasteiger charge is 2.25. The van der Waals surface area contributed by atoms with Crippen LogP contribution < -0.4 is 0 Å². The van der Waals surface area contributed by atoms with Gasteiger partial charge in [-0.2, -0.15) is 0 Å². The Morgan fingerprint density at radius 2 is 1.92 bits per heavy atom. The molecule has 2 heterocycles. The van der Waals surface area contributed by atoms with Crippen molar-refractivity contribution >= 4 is 17.7 Å². The first kappa shape index (κ1) is 18.0. The summed E-state index contributed by atoms with van der Waals surface area (Å²) in [5.74, 6) is 2.59. The largest absolute Gasteiger partial charge is 0.341 e. The van der Waals surface area contributed by atoms with Gasteiger partial charge in [0, 0.05) is 18.8 Å². The maximum atomic E-state index is 12.6. The van der Waals surface area contributed by atoms with Crippen molar-refractivity contribution in [2.45, 2.75) is 39.3 Å². The number of hydrogen-bond acceptors (Lipinski definition) is 4. The molecule has 1 aliphatic heterocycles. The van der Waals surface area contributed by atoms with E-state index in [4.69, 9.17) is 0 Å². The van der Waals surface area contributed by atoms with Crippen molar-refractivity contribution < 1.29 is 4.79 Å². The Morgan fingerprint density at radius 1 is 1.20 bits per heavy atom. The summed E-state index contributed by atoms with van der Waals surface area (Å²) in [5.41, 5.74) is 2.23. The molecule has 0 N–H and O–H groups in total. The molecule has 0 aliphatic carbocycles. The zero-order valence-corrected chi connectivity index (χ0v) is 16.2. The number of carbonyl (C=O) groups is 1. The van der Waals surface area contributed by atoms with Gasteiger partial charge < -0.3 is 4.90 Å². The summed E-state index contributed by atoms with van der Waals surface area (Å²) in [5, 5.41) is 9.25. The van der Waals surface area contributed by atoms with Gasteiger partial charge in [-0.1, -0.05) is 37.7 Å². The Kier molecular flexibility index (Phi) is 5.47. The van der Waals surface area contributed by atoms with Gasteiger partial charge in [0.25, 0.3) is 0 Å². The lowest BCUT2D eigenvalue weighted by Crippen LogP contribution is -2.43. The normalized spacial score (nSPS) is 20.7. The maximum absolute atomic E-state index is 12.6. The third-order valence-electron chi connectivity index (χ3n) is 4.60. The van der Waals surface area contributed by atoms with Gasteiger partial charge in [-0.05, 0) is 49.8 Å². The van der Waals surface area contributed by atoms with Gasteiger partial charge in [0.15, 0.2) is 5.16 Å². The predicted molar refractivity (Wildman–Crippen MR) is 101 cm³/mol. The van der Waals surface area contributed by atoms with Crippen LogP contribution >= 0.6 is 11.8 Å².